The molecular weight excluding hydrogens is 466 g/mol. The van der Waals surface area contributed by atoms with Crippen molar-refractivity contribution in [1.29, 1.82) is 0 Å². The second kappa shape index (κ2) is 7.68. The highest BCUT2D eigenvalue weighted by Crippen LogP contribution is 2.48. The van der Waals surface area contributed by atoms with Crippen LogP contribution < -0.4 is 18.9 Å². The van der Waals surface area contributed by atoms with Crippen molar-refractivity contribution in [2.45, 2.75) is 19.9 Å². The average Bonchev–Trinajstić information content (AvgIpc) is 3.57. The minimum atomic E-state index is 0.342. The SMILES string of the molecule is CC(C)n1c2ccc(-c3scc4c3OCCO4)cc2c2cc(-c3scc4c3OCCO4)ccc21. The average molecular weight is 490 g/mol. The first-order chi connectivity index (χ1) is 16.7. The summed E-state index contributed by atoms with van der Waals surface area (Å²) in [6.07, 6.45) is 0. The summed E-state index contributed by atoms with van der Waals surface area (Å²) in [6, 6.07) is 13.8. The van der Waals surface area contributed by atoms with E-state index in [4.69, 9.17) is 18.9 Å². The Hall–Kier alpha value is -3.16. The van der Waals surface area contributed by atoms with Gasteiger partial charge in [-0.1, -0.05) is 12.1 Å². The molecule has 0 aliphatic carbocycles. The molecule has 7 heteroatoms. The number of rotatable bonds is 3. The van der Waals surface area contributed by atoms with Crippen molar-refractivity contribution in [1.82, 2.24) is 4.57 Å². The zero-order chi connectivity index (χ0) is 22.8. The van der Waals surface area contributed by atoms with Crippen LogP contribution in [0.15, 0.2) is 47.2 Å². The van der Waals surface area contributed by atoms with Crippen LogP contribution in [0.25, 0.3) is 42.7 Å². The maximum absolute atomic E-state index is 5.97. The van der Waals surface area contributed by atoms with Crippen molar-refractivity contribution in [3.63, 3.8) is 0 Å². The first-order valence-electron chi connectivity index (χ1n) is 11.5. The van der Waals surface area contributed by atoms with Crippen molar-refractivity contribution in [3.05, 3.63) is 47.2 Å². The van der Waals surface area contributed by atoms with Gasteiger partial charge in [0.05, 0.1) is 9.75 Å². The van der Waals surface area contributed by atoms with Gasteiger partial charge in [0.25, 0.3) is 0 Å². The van der Waals surface area contributed by atoms with Gasteiger partial charge < -0.3 is 23.5 Å². The summed E-state index contributed by atoms with van der Waals surface area (Å²) in [5.74, 6) is 3.43. The van der Waals surface area contributed by atoms with Gasteiger partial charge in [0.15, 0.2) is 23.0 Å². The molecule has 0 bridgehead atoms. The molecule has 0 saturated heterocycles. The number of fused-ring (bicyclic) bond motifs is 5. The molecule has 5 heterocycles. The molecule has 2 aliphatic rings. The first kappa shape index (κ1) is 20.2. The highest BCUT2D eigenvalue weighted by Gasteiger charge is 2.23. The third-order valence-electron chi connectivity index (χ3n) is 6.45. The number of ether oxygens (including phenoxy) is 4. The van der Waals surface area contributed by atoms with E-state index >= 15 is 0 Å². The summed E-state index contributed by atoms with van der Waals surface area (Å²) in [7, 11) is 0. The number of nitrogens with zero attached hydrogens (tertiary/aromatic N) is 1. The standard InChI is InChI=1S/C27H23NO4S2/c1-15(2)28-20-5-3-16(26-24-22(13-33-26)29-7-9-31-24)11-18(20)19-12-17(4-6-21(19)28)27-25-23(14-34-27)30-8-10-32-25/h3-6,11-15H,7-10H2,1-2H3. The van der Waals surface area contributed by atoms with Crippen LogP contribution in [0.3, 0.4) is 0 Å². The van der Waals surface area contributed by atoms with Gasteiger partial charge in [0, 0.05) is 38.6 Å². The predicted octanol–water partition coefficient (Wildman–Crippen LogP) is 7.37. The minimum absolute atomic E-state index is 0.342. The number of aromatic nitrogens is 1. The summed E-state index contributed by atoms with van der Waals surface area (Å²) in [5, 5.41) is 6.57. The lowest BCUT2D eigenvalue weighted by Gasteiger charge is -2.16. The molecule has 0 saturated carbocycles. The Morgan fingerprint density at radius 3 is 1.62 bits per heavy atom. The Morgan fingerprint density at radius 2 is 1.15 bits per heavy atom. The largest absolute Gasteiger partial charge is 0.485 e. The number of thiophene rings is 2. The first-order valence-corrected chi connectivity index (χ1v) is 13.3. The van der Waals surface area contributed by atoms with E-state index in [0.29, 0.717) is 32.5 Å². The Kier molecular flexibility index (Phi) is 4.57. The van der Waals surface area contributed by atoms with Crippen LogP contribution in [0.1, 0.15) is 19.9 Å². The summed E-state index contributed by atoms with van der Waals surface area (Å²) >= 11 is 3.35. The Bertz CT molecular complexity index is 1450. The van der Waals surface area contributed by atoms with Crippen molar-refractivity contribution >= 4 is 44.5 Å². The van der Waals surface area contributed by atoms with Crippen LogP contribution in [0.4, 0.5) is 0 Å². The molecule has 0 spiro atoms. The van der Waals surface area contributed by atoms with E-state index in [-0.39, 0.29) is 0 Å². The van der Waals surface area contributed by atoms with E-state index in [1.165, 1.54) is 21.8 Å². The molecule has 3 aromatic heterocycles. The molecule has 0 unspecified atom stereocenters. The Balaban J connectivity index is 1.44. The summed E-state index contributed by atoms with van der Waals surface area (Å²) in [4.78, 5) is 2.24. The molecule has 0 fully saturated rings. The lowest BCUT2D eigenvalue weighted by Crippen LogP contribution is -2.14. The van der Waals surface area contributed by atoms with Gasteiger partial charge in [0.1, 0.15) is 26.4 Å². The van der Waals surface area contributed by atoms with Crippen LogP contribution in [0, 0.1) is 0 Å². The van der Waals surface area contributed by atoms with E-state index < -0.39 is 0 Å². The summed E-state index contributed by atoms with van der Waals surface area (Å²) in [6.45, 7) is 6.87. The molecule has 0 radical (unpaired) electrons. The molecule has 0 amide bonds. The van der Waals surface area contributed by atoms with Gasteiger partial charge in [-0.05, 0) is 49.2 Å². The lowest BCUT2D eigenvalue weighted by molar-refractivity contribution is 0.174. The summed E-state index contributed by atoms with van der Waals surface area (Å²) < 4.78 is 25.9. The molecule has 2 aromatic carbocycles. The smallest absolute Gasteiger partial charge is 0.179 e. The molecule has 5 aromatic rings. The fourth-order valence-corrected chi connectivity index (χ4v) is 6.88. The van der Waals surface area contributed by atoms with Gasteiger partial charge in [0.2, 0.25) is 0 Å². The van der Waals surface area contributed by atoms with Gasteiger partial charge in [-0.2, -0.15) is 0 Å². The highest BCUT2D eigenvalue weighted by molar-refractivity contribution is 7.14. The molecule has 7 rings (SSSR count). The maximum Gasteiger partial charge on any atom is 0.179 e. The third-order valence-corrected chi connectivity index (χ3v) is 8.42. The molecule has 5 nitrogen and oxygen atoms in total. The topological polar surface area (TPSA) is 41.9 Å². The van der Waals surface area contributed by atoms with E-state index in [1.807, 2.05) is 10.8 Å². The van der Waals surface area contributed by atoms with Crippen LogP contribution in [0.5, 0.6) is 23.0 Å². The quantitative estimate of drug-likeness (QED) is 0.265. The fraction of sp³-hybridized carbons (Fsp3) is 0.259. The van der Waals surface area contributed by atoms with E-state index in [9.17, 15) is 0 Å². The maximum atomic E-state index is 5.97. The summed E-state index contributed by atoms with van der Waals surface area (Å²) in [5.41, 5.74) is 4.79. The highest BCUT2D eigenvalue weighted by atomic mass is 32.1. The molecule has 172 valence electrons. The van der Waals surface area contributed by atoms with Crippen molar-refractivity contribution < 1.29 is 18.9 Å². The van der Waals surface area contributed by atoms with E-state index in [2.05, 4.69) is 54.8 Å². The third kappa shape index (κ3) is 2.96. The number of benzene rings is 2. The molecule has 0 N–H and O–H groups in total. The minimum Gasteiger partial charge on any atom is -0.485 e. The van der Waals surface area contributed by atoms with Gasteiger partial charge in [-0.15, -0.1) is 22.7 Å². The fourth-order valence-electron chi connectivity index (χ4n) is 5.02. The monoisotopic (exact) mass is 489 g/mol. The van der Waals surface area contributed by atoms with Crippen molar-refractivity contribution in [2.75, 3.05) is 26.4 Å². The molecule has 2 aliphatic heterocycles. The normalized spacial score (nSPS) is 14.9. The van der Waals surface area contributed by atoms with Gasteiger partial charge >= 0.3 is 0 Å². The van der Waals surface area contributed by atoms with Crippen LogP contribution >= 0.6 is 22.7 Å². The predicted molar refractivity (Wildman–Crippen MR) is 138 cm³/mol. The lowest BCUT2D eigenvalue weighted by atomic mass is 10.1. The second-order valence-electron chi connectivity index (χ2n) is 8.84. The van der Waals surface area contributed by atoms with Crippen LogP contribution in [0.2, 0.25) is 0 Å². The Morgan fingerprint density at radius 1 is 0.676 bits per heavy atom. The number of hydrogen-bond donors (Lipinski definition) is 0. The van der Waals surface area contributed by atoms with Gasteiger partial charge in [-0.25, -0.2) is 0 Å². The second-order valence-corrected chi connectivity index (χ2v) is 10.6. The molecule has 34 heavy (non-hydrogen) atoms. The van der Waals surface area contributed by atoms with Crippen LogP contribution in [-0.2, 0) is 0 Å². The molecular formula is C27H23NO4S2. The van der Waals surface area contributed by atoms with Crippen molar-refractivity contribution in [2.24, 2.45) is 0 Å². The van der Waals surface area contributed by atoms with Crippen molar-refractivity contribution in [3.8, 4) is 43.9 Å². The Labute approximate surface area is 205 Å². The zero-order valence-electron chi connectivity index (χ0n) is 18.9. The van der Waals surface area contributed by atoms with Gasteiger partial charge in [-0.3, -0.25) is 0 Å². The number of hydrogen-bond acceptors (Lipinski definition) is 6. The zero-order valence-corrected chi connectivity index (χ0v) is 20.6. The van der Waals surface area contributed by atoms with E-state index in [1.54, 1.807) is 22.7 Å². The van der Waals surface area contributed by atoms with E-state index in [0.717, 1.165) is 43.9 Å². The van der Waals surface area contributed by atoms with Crippen LogP contribution in [-0.4, -0.2) is 31.0 Å². The molecule has 0 atom stereocenters.